The van der Waals surface area contributed by atoms with Crippen molar-refractivity contribution in [3.8, 4) is 17.2 Å². The average Bonchev–Trinajstić information content (AvgIpc) is 3.57. The molecule has 3 aromatic rings. The number of ether oxygens (including phenoxy) is 3. The van der Waals surface area contributed by atoms with Crippen LogP contribution in [0, 0.1) is 0 Å². The van der Waals surface area contributed by atoms with Crippen LogP contribution in [-0.4, -0.2) is 148 Å². The van der Waals surface area contributed by atoms with E-state index in [1.54, 1.807) is 18.2 Å². The highest BCUT2D eigenvalue weighted by molar-refractivity contribution is 6.02. The molecule has 0 saturated carbocycles. The van der Waals surface area contributed by atoms with Gasteiger partial charge in [0.1, 0.15) is 37.1 Å². The van der Waals surface area contributed by atoms with Crippen LogP contribution >= 0.6 is 0 Å². The number of Topliss-reactive ketones (excluding diaryl/α,β-unsaturated/α-hetero) is 3. The van der Waals surface area contributed by atoms with Gasteiger partial charge in [0.25, 0.3) is 17.7 Å². The first-order valence-electron chi connectivity index (χ1n) is 25.8. The zero-order valence-corrected chi connectivity index (χ0v) is 45.6. The molecule has 31 nitrogen and oxygen atoms in total. The van der Waals surface area contributed by atoms with Crippen LogP contribution < -0.4 is 105 Å². The maximum Gasteiger partial charge on any atom is 0.255 e. The van der Waals surface area contributed by atoms with Crippen molar-refractivity contribution in [1.82, 2.24) is 10.6 Å². The summed E-state index contributed by atoms with van der Waals surface area (Å²) in [5.74, 6) is -4.40. The predicted octanol–water partition coefficient (Wildman–Crippen LogP) is -4.84. The summed E-state index contributed by atoms with van der Waals surface area (Å²) in [5.41, 5.74) is 78.6. The quantitative estimate of drug-likeness (QED) is 0.0145. The molecule has 3 amide bonds. The lowest BCUT2D eigenvalue weighted by atomic mass is 9.96. The standard InChI is InChI=1S/C51H78N22O9/c52-34(4-1-13-66-46(54)55)37(74)25-29-8-11-41(81-20-17-70-50(62)63)32(23-29)44(78)73-36(6-3-15-68-48(58)59)39(76)27-30-9-12-42(82-21-18-71-51(64)65)33(24-30)45(79)72-35(5-2-14-67-47(56)57)38(75)26-28-7-10-40(31(22-28)43(53)77)80-19-16-69-49(60)61/h7-12,22-24,34-36H,1-6,13-21,25-27,52H2,(H2,53,77)(H,72,79)(H,73,78)(H4,54,55,66)(H4,56,57,67)(H4,58,59,68)(H4,60,61,69)(H4,62,63,70)(H4,64,65,71)/t34-,35-,36-/m1/s1. The third kappa shape index (κ3) is 25.2. The Bertz CT molecular complexity index is 2850. The summed E-state index contributed by atoms with van der Waals surface area (Å²) in [6.45, 7) is 0.477. The molecule has 3 atom stereocenters. The van der Waals surface area contributed by atoms with Gasteiger partial charge in [-0.25, -0.2) is 0 Å². The molecule has 0 spiro atoms. The molecular weight excluding hydrogens is 1060 g/mol. The van der Waals surface area contributed by atoms with Gasteiger partial charge in [-0.2, -0.15) is 0 Å². The Morgan fingerprint density at radius 2 is 0.683 bits per heavy atom. The highest BCUT2D eigenvalue weighted by Crippen LogP contribution is 2.26. The van der Waals surface area contributed by atoms with Crippen LogP contribution in [0.3, 0.4) is 0 Å². The third-order valence-corrected chi connectivity index (χ3v) is 11.6. The fourth-order valence-electron chi connectivity index (χ4n) is 7.75. The summed E-state index contributed by atoms with van der Waals surface area (Å²) in [6.07, 6.45) is 0.504. The zero-order valence-electron chi connectivity index (χ0n) is 45.6. The van der Waals surface area contributed by atoms with E-state index in [-0.39, 0.29) is 180 Å². The minimum absolute atomic E-state index is 0.00172. The first-order valence-corrected chi connectivity index (χ1v) is 25.8. The number of nitrogens with zero attached hydrogens (tertiary/aromatic N) is 6. The molecule has 446 valence electrons. The largest absolute Gasteiger partial charge is 0.491 e. The molecule has 0 unspecified atom stereocenters. The third-order valence-electron chi connectivity index (χ3n) is 11.6. The molecule has 3 rings (SSSR count). The molecule has 31 heteroatoms. The van der Waals surface area contributed by atoms with Crippen molar-refractivity contribution in [3.05, 3.63) is 88.0 Å². The monoisotopic (exact) mass is 1140 g/mol. The van der Waals surface area contributed by atoms with E-state index in [0.717, 1.165) is 0 Å². The van der Waals surface area contributed by atoms with Gasteiger partial charge in [0.15, 0.2) is 53.1 Å². The molecule has 30 N–H and O–H groups in total. The van der Waals surface area contributed by atoms with Crippen LogP contribution in [-0.2, 0) is 33.6 Å². The van der Waals surface area contributed by atoms with Crippen LogP contribution in [0.25, 0.3) is 0 Å². The number of carbonyl (C=O) groups excluding carboxylic acids is 6. The Hall–Kier alpha value is -9.94. The summed E-state index contributed by atoms with van der Waals surface area (Å²) in [6, 6.07) is 10.1. The smallest absolute Gasteiger partial charge is 0.255 e. The Morgan fingerprint density at radius 3 is 1.01 bits per heavy atom. The number of nitrogens with one attached hydrogen (secondary N) is 2. The van der Waals surface area contributed by atoms with E-state index in [1.165, 1.54) is 36.4 Å². The van der Waals surface area contributed by atoms with Gasteiger partial charge in [-0.05, 0) is 91.6 Å². The van der Waals surface area contributed by atoms with Crippen molar-refractivity contribution in [3.63, 3.8) is 0 Å². The number of amides is 3. The van der Waals surface area contributed by atoms with Crippen LogP contribution in [0.2, 0.25) is 0 Å². The summed E-state index contributed by atoms with van der Waals surface area (Å²) in [7, 11) is 0. The number of nitrogens with two attached hydrogens (primary N) is 14. The topological polar surface area (TPSA) is 593 Å². The molecular formula is C51H78N22O9. The highest BCUT2D eigenvalue weighted by Gasteiger charge is 2.28. The summed E-state index contributed by atoms with van der Waals surface area (Å²) < 4.78 is 17.5. The molecule has 0 radical (unpaired) electrons. The number of rotatable bonds is 38. The zero-order chi connectivity index (χ0) is 60.7. The molecule has 0 aromatic heterocycles. The maximum atomic E-state index is 14.5. The molecule has 3 aromatic carbocycles. The van der Waals surface area contributed by atoms with Crippen molar-refractivity contribution in [2.75, 3.05) is 59.1 Å². The lowest BCUT2D eigenvalue weighted by molar-refractivity contribution is -0.121. The summed E-state index contributed by atoms with van der Waals surface area (Å²) in [4.78, 5) is 107. The minimum Gasteiger partial charge on any atom is -0.491 e. The Morgan fingerprint density at radius 1 is 0.390 bits per heavy atom. The van der Waals surface area contributed by atoms with Crippen LogP contribution in [0.1, 0.15) is 86.3 Å². The van der Waals surface area contributed by atoms with E-state index in [0.29, 0.717) is 29.5 Å². The Balaban J connectivity index is 2.04. The van der Waals surface area contributed by atoms with E-state index in [9.17, 15) is 28.8 Å². The van der Waals surface area contributed by atoms with Gasteiger partial charge >= 0.3 is 0 Å². The van der Waals surface area contributed by atoms with Gasteiger partial charge in [0, 0.05) is 38.9 Å². The van der Waals surface area contributed by atoms with Crippen molar-refractivity contribution in [2.45, 2.75) is 75.9 Å². The van der Waals surface area contributed by atoms with E-state index in [1.807, 2.05) is 0 Å². The number of primary amides is 1. The lowest BCUT2D eigenvalue weighted by Crippen LogP contribution is -2.42. The Kier molecular flexibility index (Phi) is 28.2. The van der Waals surface area contributed by atoms with Gasteiger partial charge in [-0.15, -0.1) is 0 Å². The number of aliphatic imine (C=N–C) groups is 6. The van der Waals surface area contributed by atoms with Gasteiger partial charge in [0.2, 0.25) is 0 Å². The number of hydrogen-bond acceptors (Lipinski definition) is 16. The molecule has 0 saturated heterocycles. The molecule has 0 aliphatic rings. The van der Waals surface area contributed by atoms with Gasteiger partial charge in [0.05, 0.1) is 54.5 Å². The molecule has 0 bridgehead atoms. The molecule has 0 aliphatic carbocycles. The first kappa shape index (κ1) is 66.3. The van der Waals surface area contributed by atoms with Crippen LogP contribution in [0.4, 0.5) is 0 Å². The summed E-state index contributed by atoms with van der Waals surface area (Å²) >= 11 is 0. The summed E-state index contributed by atoms with van der Waals surface area (Å²) in [5, 5.41) is 5.61. The average molecular weight is 1140 g/mol. The van der Waals surface area contributed by atoms with E-state index in [4.69, 9.17) is 94.5 Å². The number of ketones is 3. The number of benzene rings is 3. The first-order chi connectivity index (χ1) is 38.9. The molecule has 82 heavy (non-hydrogen) atoms. The normalized spacial score (nSPS) is 11.7. The highest BCUT2D eigenvalue weighted by atomic mass is 16.5. The number of carbonyl (C=O) groups is 6. The van der Waals surface area contributed by atoms with E-state index < -0.39 is 47.4 Å². The fourth-order valence-corrected chi connectivity index (χ4v) is 7.75. The Labute approximate surface area is 473 Å². The SMILES string of the molecule is NC(=O)c1cc(CC(=O)[C@@H](CCCN=C(N)N)NC(=O)c2cc(CC(=O)[C@@H](CCCN=C(N)N)NC(=O)c3cc(CC(=O)[C@H](N)CCCN=C(N)N)ccc3OCCN=C(N)N)ccc2OCCN=C(N)N)ccc1OCCN=C(N)N. The van der Waals surface area contributed by atoms with Crippen molar-refractivity contribution < 1.29 is 43.0 Å². The maximum absolute atomic E-state index is 14.5. The van der Waals surface area contributed by atoms with Gasteiger partial charge in [-0.3, -0.25) is 58.7 Å². The molecule has 0 aliphatic heterocycles. The van der Waals surface area contributed by atoms with Crippen molar-refractivity contribution in [1.29, 1.82) is 0 Å². The van der Waals surface area contributed by atoms with E-state index >= 15 is 0 Å². The molecule has 0 heterocycles. The fraction of sp³-hybridized carbons (Fsp3) is 0.412. The minimum atomic E-state index is -1.19. The van der Waals surface area contributed by atoms with Gasteiger partial charge < -0.3 is 105 Å². The lowest BCUT2D eigenvalue weighted by Gasteiger charge is -2.21. The second kappa shape index (κ2) is 34.8. The second-order valence-corrected chi connectivity index (χ2v) is 18.3. The number of hydrogen-bond donors (Lipinski definition) is 16. The second-order valence-electron chi connectivity index (χ2n) is 18.3. The molecule has 0 fully saturated rings. The predicted molar refractivity (Wildman–Crippen MR) is 313 cm³/mol. The van der Waals surface area contributed by atoms with Gasteiger partial charge in [-0.1, -0.05) is 18.2 Å². The van der Waals surface area contributed by atoms with Crippen molar-refractivity contribution >= 4 is 70.8 Å². The number of guanidine groups is 6. The van der Waals surface area contributed by atoms with E-state index in [2.05, 4.69) is 40.6 Å². The van der Waals surface area contributed by atoms with Crippen molar-refractivity contribution in [2.24, 2.45) is 110 Å². The van der Waals surface area contributed by atoms with Crippen LogP contribution in [0.15, 0.2) is 84.6 Å². The van der Waals surface area contributed by atoms with Crippen LogP contribution in [0.5, 0.6) is 17.2 Å².